The number of carbonyl (C=O) groups is 2. The average molecular weight is 351 g/mol. The summed E-state index contributed by atoms with van der Waals surface area (Å²) in [7, 11) is 1.67. The van der Waals surface area contributed by atoms with Gasteiger partial charge in [0.05, 0.1) is 18.6 Å². The maximum absolute atomic E-state index is 13.0. The second-order valence-electron chi connectivity index (χ2n) is 7.92. The molecule has 3 rings (SSSR count). The average Bonchev–Trinajstić information content (AvgIpc) is 2.87. The molecule has 0 aliphatic carbocycles. The molecule has 0 N–H and O–H groups in total. The first kappa shape index (κ1) is 18.6. The molecule has 25 heavy (non-hydrogen) atoms. The molecule has 0 aromatic heterocycles. The van der Waals surface area contributed by atoms with Crippen LogP contribution < -0.4 is 0 Å². The molecule has 1 atom stereocenters. The fourth-order valence-electron chi connectivity index (χ4n) is 4.62. The lowest BCUT2D eigenvalue weighted by molar-refractivity contribution is -0.146. The van der Waals surface area contributed by atoms with Crippen molar-refractivity contribution in [2.75, 3.05) is 59.5 Å². The quantitative estimate of drug-likeness (QED) is 0.750. The Kier molecular flexibility index (Phi) is 6.34. The third kappa shape index (κ3) is 4.34. The second kappa shape index (κ2) is 8.49. The highest BCUT2D eigenvalue weighted by Crippen LogP contribution is 2.40. The van der Waals surface area contributed by atoms with E-state index in [0.717, 1.165) is 45.4 Å². The van der Waals surface area contributed by atoms with Crippen LogP contribution in [0.3, 0.4) is 0 Å². The minimum absolute atomic E-state index is 0.209. The van der Waals surface area contributed by atoms with Crippen molar-refractivity contribution < 1.29 is 14.3 Å². The highest BCUT2D eigenvalue weighted by Gasteiger charge is 2.49. The van der Waals surface area contributed by atoms with Gasteiger partial charge in [-0.2, -0.15) is 0 Å². The van der Waals surface area contributed by atoms with Crippen LogP contribution in [0.5, 0.6) is 0 Å². The van der Waals surface area contributed by atoms with Crippen molar-refractivity contribution in [3.63, 3.8) is 0 Å². The molecule has 3 fully saturated rings. The van der Waals surface area contributed by atoms with E-state index in [-0.39, 0.29) is 17.2 Å². The standard InChI is InChI=1S/C19H33N3O3/c1-25-14-13-21-11-6-7-19(18(21)24)8-12-22(16-19)17(23)15-20-9-4-2-3-5-10-20/h2-16H2,1H3/t19-/m1/s1. The van der Waals surface area contributed by atoms with Crippen LogP contribution in [-0.4, -0.2) is 86.0 Å². The molecule has 0 bridgehead atoms. The van der Waals surface area contributed by atoms with Crippen LogP contribution in [0.1, 0.15) is 44.9 Å². The lowest BCUT2D eigenvalue weighted by Crippen LogP contribution is -2.51. The van der Waals surface area contributed by atoms with E-state index >= 15 is 0 Å². The van der Waals surface area contributed by atoms with E-state index in [1.165, 1.54) is 25.7 Å². The molecule has 6 heteroatoms. The van der Waals surface area contributed by atoms with Gasteiger partial charge in [0.1, 0.15) is 0 Å². The second-order valence-corrected chi connectivity index (χ2v) is 7.92. The van der Waals surface area contributed by atoms with E-state index in [1.807, 2.05) is 9.80 Å². The van der Waals surface area contributed by atoms with Crippen molar-refractivity contribution in [3.8, 4) is 0 Å². The van der Waals surface area contributed by atoms with E-state index in [4.69, 9.17) is 4.74 Å². The highest BCUT2D eigenvalue weighted by molar-refractivity contribution is 5.86. The van der Waals surface area contributed by atoms with E-state index in [9.17, 15) is 9.59 Å². The molecule has 0 radical (unpaired) electrons. The first-order valence-electron chi connectivity index (χ1n) is 9.93. The van der Waals surface area contributed by atoms with Crippen LogP contribution in [0.25, 0.3) is 0 Å². The molecule has 0 saturated carbocycles. The van der Waals surface area contributed by atoms with Gasteiger partial charge in [-0.15, -0.1) is 0 Å². The minimum Gasteiger partial charge on any atom is -0.383 e. The molecule has 0 unspecified atom stereocenters. The first-order chi connectivity index (χ1) is 12.1. The van der Waals surface area contributed by atoms with Crippen molar-refractivity contribution in [1.82, 2.24) is 14.7 Å². The van der Waals surface area contributed by atoms with Gasteiger partial charge >= 0.3 is 0 Å². The summed E-state index contributed by atoms with van der Waals surface area (Å²) in [6.45, 7) is 6.02. The van der Waals surface area contributed by atoms with E-state index in [1.54, 1.807) is 7.11 Å². The molecular formula is C19H33N3O3. The summed E-state index contributed by atoms with van der Waals surface area (Å²) in [5, 5.41) is 0. The number of likely N-dealkylation sites (tertiary alicyclic amines) is 3. The Labute approximate surface area is 151 Å². The predicted molar refractivity (Wildman–Crippen MR) is 96.2 cm³/mol. The van der Waals surface area contributed by atoms with Gasteiger partial charge in [-0.25, -0.2) is 0 Å². The van der Waals surface area contributed by atoms with Gasteiger partial charge in [0, 0.05) is 33.3 Å². The molecule has 142 valence electrons. The third-order valence-corrected chi connectivity index (χ3v) is 6.15. The Bertz CT molecular complexity index is 477. The van der Waals surface area contributed by atoms with Gasteiger partial charge in [-0.05, 0) is 45.2 Å². The summed E-state index contributed by atoms with van der Waals surface area (Å²) in [4.78, 5) is 31.9. The van der Waals surface area contributed by atoms with Crippen LogP contribution >= 0.6 is 0 Å². The summed E-state index contributed by atoms with van der Waals surface area (Å²) >= 11 is 0. The zero-order valence-electron chi connectivity index (χ0n) is 15.7. The van der Waals surface area contributed by atoms with Crippen molar-refractivity contribution >= 4 is 11.8 Å². The van der Waals surface area contributed by atoms with E-state index in [0.29, 0.717) is 26.2 Å². The first-order valence-corrected chi connectivity index (χ1v) is 9.93. The summed E-state index contributed by atoms with van der Waals surface area (Å²) in [6.07, 6.45) is 7.73. The van der Waals surface area contributed by atoms with Crippen LogP contribution in [0.4, 0.5) is 0 Å². The Hall–Kier alpha value is -1.14. The normalized spacial score (nSPS) is 28.6. The van der Waals surface area contributed by atoms with Crippen molar-refractivity contribution in [3.05, 3.63) is 0 Å². The van der Waals surface area contributed by atoms with Crippen LogP contribution in [0.2, 0.25) is 0 Å². The van der Waals surface area contributed by atoms with Gasteiger partial charge in [0.2, 0.25) is 11.8 Å². The fraction of sp³-hybridized carbons (Fsp3) is 0.895. The molecule has 1 spiro atoms. The number of rotatable bonds is 5. The van der Waals surface area contributed by atoms with Crippen LogP contribution in [-0.2, 0) is 14.3 Å². The molecule has 0 aromatic carbocycles. The maximum atomic E-state index is 13.0. The number of hydrogen-bond donors (Lipinski definition) is 0. The summed E-state index contributed by atoms with van der Waals surface area (Å²) in [6, 6.07) is 0. The summed E-state index contributed by atoms with van der Waals surface area (Å²) in [5.41, 5.74) is -0.333. The Morgan fingerprint density at radius 3 is 2.52 bits per heavy atom. The zero-order valence-corrected chi connectivity index (χ0v) is 15.7. The fourth-order valence-corrected chi connectivity index (χ4v) is 4.62. The van der Waals surface area contributed by atoms with Crippen molar-refractivity contribution in [2.45, 2.75) is 44.9 Å². The Balaban J connectivity index is 1.56. The van der Waals surface area contributed by atoms with Gasteiger partial charge in [-0.3, -0.25) is 14.5 Å². The molecular weight excluding hydrogens is 318 g/mol. The number of nitrogens with zero attached hydrogens (tertiary/aromatic N) is 3. The number of ether oxygens (including phenoxy) is 1. The number of carbonyl (C=O) groups excluding carboxylic acids is 2. The number of hydrogen-bond acceptors (Lipinski definition) is 4. The molecule has 2 amide bonds. The van der Waals surface area contributed by atoms with Gasteiger partial charge in [-0.1, -0.05) is 12.8 Å². The number of methoxy groups -OCH3 is 1. The molecule has 3 saturated heterocycles. The Morgan fingerprint density at radius 2 is 1.80 bits per heavy atom. The third-order valence-electron chi connectivity index (χ3n) is 6.15. The van der Waals surface area contributed by atoms with E-state index < -0.39 is 0 Å². The maximum Gasteiger partial charge on any atom is 0.236 e. The largest absolute Gasteiger partial charge is 0.383 e. The van der Waals surface area contributed by atoms with Crippen LogP contribution in [0.15, 0.2) is 0 Å². The lowest BCUT2D eigenvalue weighted by atomic mass is 9.78. The smallest absolute Gasteiger partial charge is 0.236 e. The zero-order chi connectivity index (χ0) is 17.7. The van der Waals surface area contributed by atoms with Crippen molar-refractivity contribution in [2.24, 2.45) is 5.41 Å². The summed E-state index contributed by atoms with van der Waals surface area (Å²) in [5.74, 6) is 0.446. The van der Waals surface area contributed by atoms with Crippen LogP contribution in [0, 0.1) is 5.41 Å². The van der Waals surface area contributed by atoms with E-state index in [2.05, 4.69) is 4.90 Å². The monoisotopic (exact) mass is 351 g/mol. The highest BCUT2D eigenvalue weighted by atomic mass is 16.5. The number of amides is 2. The molecule has 3 aliphatic heterocycles. The predicted octanol–water partition coefficient (Wildman–Crippen LogP) is 1.35. The SMILES string of the molecule is COCCN1CCC[C@]2(CCN(C(=O)CN3CCCCCC3)C2)C1=O. The van der Waals surface area contributed by atoms with Crippen molar-refractivity contribution in [1.29, 1.82) is 0 Å². The van der Waals surface area contributed by atoms with Gasteiger partial charge in [0.15, 0.2) is 0 Å². The molecule has 6 nitrogen and oxygen atoms in total. The molecule has 3 heterocycles. The topological polar surface area (TPSA) is 53.1 Å². The van der Waals surface area contributed by atoms with Gasteiger partial charge < -0.3 is 14.5 Å². The number of piperidine rings is 1. The minimum atomic E-state index is -0.333. The Morgan fingerprint density at radius 1 is 1.04 bits per heavy atom. The lowest BCUT2D eigenvalue weighted by Gasteiger charge is -2.39. The molecule has 0 aromatic rings. The van der Waals surface area contributed by atoms with Gasteiger partial charge in [0.25, 0.3) is 0 Å². The molecule has 3 aliphatic rings. The summed E-state index contributed by atoms with van der Waals surface area (Å²) < 4.78 is 5.13.